The molecule has 29 heavy (non-hydrogen) atoms. The van der Waals surface area contributed by atoms with Crippen molar-refractivity contribution in [1.29, 1.82) is 0 Å². The first-order valence-electron chi connectivity index (χ1n) is 8.98. The van der Waals surface area contributed by atoms with Crippen LogP contribution in [0.15, 0.2) is 72.4 Å². The highest BCUT2D eigenvalue weighted by molar-refractivity contribution is 7.99. The molecule has 0 saturated carbocycles. The molecule has 1 heterocycles. The zero-order chi connectivity index (χ0) is 20.5. The lowest BCUT2D eigenvalue weighted by atomic mass is 10.2. The quantitative estimate of drug-likeness (QED) is 0.340. The number of anilines is 1. The Labute approximate surface area is 183 Å². The molecule has 0 unspecified atom stereocenters. The molecule has 0 aliphatic carbocycles. The Morgan fingerprint density at radius 2 is 1.86 bits per heavy atom. The van der Waals surface area contributed by atoms with Gasteiger partial charge in [0.25, 0.3) is 0 Å². The lowest BCUT2D eigenvalue weighted by molar-refractivity contribution is -0.113. The van der Waals surface area contributed by atoms with E-state index < -0.39 is 0 Å². The van der Waals surface area contributed by atoms with Crippen molar-refractivity contribution >= 4 is 46.7 Å². The zero-order valence-electron chi connectivity index (χ0n) is 15.8. The second-order valence-corrected chi connectivity index (χ2v) is 8.48. The summed E-state index contributed by atoms with van der Waals surface area (Å²) >= 11 is 9.01. The molecule has 2 aromatic carbocycles. The summed E-state index contributed by atoms with van der Waals surface area (Å²) in [6.45, 7) is 4.43. The number of aromatic nitrogens is 3. The van der Waals surface area contributed by atoms with E-state index in [2.05, 4.69) is 34.2 Å². The number of benzene rings is 2. The molecule has 0 fully saturated rings. The van der Waals surface area contributed by atoms with Gasteiger partial charge in [-0.25, -0.2) is 0 Å². The number of hydrogen-bond acceptors (Lipinski definition) is 5. The molecule has 0 spiro atoms. The molecule has 150 valence electrons. The van der Waals surface area contributed by atoms with Gasteiger partial charge in [0.15, 0.2) is 5.16 Å². The van der Waals surface area contributed by atoms with E-state index >= 15 is 0 Å². The van der Waals surface area contributed by atoms with Crippen LogP contribution in [0.3, 0.4) is 0 Å². The van der Waals surface area contributed by atoms with Crippen LogP contribution in [-0.4, -0.2) is 26.4 Å². The summed E-state index contributed by atoms with van der Waals surface area (Å²) in [6, 6.07) is 17.3. The van der Waals surface area contributed by atoms with Crippen LogP contribution in [0.4, 0.5) is 5.69 Å². The summed E-state index contributed by atoms with van der Waals surface area (Å²) in [5.41, 5.74) is 1.99. The summed E-state index contributed by atoms with van der Waals surface area (Å²) in [4.78, 5) is 12.2. The fourth-order valence-corrected chi connectivity index (χ4v) is 4.36. The molecule has 5 nitrogen and oxygen atoms in total. The maximum atomic E-state index is 12.2. The molecule has 3 aromatic rings. The molecule has 0 aliphatic heterocycles. The number of hydrogen-bond donors (Lipinski definition) is 1. The number of carbonyl (C=O) groups excluding carboxylic acids is 1. The van der Waals surface area contributed by atoms with Gasteiger partial charge in [-0.3, -0.25) is 4.79 Å². The van der Waals surface area contributed by atoms with Crippen LogP contribution >= 0.6 is 35.1 Å². The summed E-state index contributed by atoms with van der Waals surface area (Å²) in [5, 5.41) is 12.8. The minimum Gasteiger partial charge on any atom is -0.325 e. The minimum atomic E-state index is -0.106. The molecule has 1 aromatic heterocycles. The number of carbonyl (C=O) groups is 1. The molecular weight excluding hydrogens is 424 g/mol. The van der Waals surface area contributed by atoms with Gasteiger partial charge in [0.05, 0.1) is 11.5 Å². The Morgan fingerprint density at radius 3 is 2.59 bits per heavy atom. The Bertz CT molecular complexity index is 945. The van der Waals surface area contributed by atoms with E-state index in [1.807, 2.05) is 28.8 Å². The van der Waals surface area contributed by atoms with Crippen LogP contribution in [0.25, 0.3) is 0 Å². The molecule has 0 atom stereocenters. The Morgan fingerprint density at radius 1 is 1.10 bits per heavy atom. The van der Waals surface area contributed by atoms with E-state index in [9.17, 15) is 4.79 Å². The monoisotopic (exact) mass is 444 g/mol. The Kier molecular flexibility index (Phi) is 8.22. The highest BCUT2D eigenvalue weighted by Crippen LogP contribution is 2.22. The predicted octanol–water partition coefficient (Wildman–Crippen LogP) is 5.28. The van der Waals surface area contributed by atoms with Gasteiger partial charge in [-0.15, -0.1) is 28.5 Å². The van der Waals surface area contributed by atoms with Crippen molar-refractivity contribution in [2.24, 2.45) is 0 Å². The van der Waals surface area contributed by atoms with Crippen LogP contribution in [0, 0.1) is 0 Å². The number of nitrogens with one attached hydrogen (secondary N) is 1. The third kappa shape index (κ3) is 6.66. The third-order valence-electron chi connectivity index (χ3n) is 3.91. The summed E-state index contributed by atoms with van der Waals surface area (Å²) < 4.78 is 2.01. The van der Waals surface area contributed by atoms with E-state index in [1.165, 1.54) is 17.3 Å². The number of nitrogens with zero attached hydrogens (tertiary/aromatic N) is 3. The predicted molar refractivity (Wildman–Crippen MR) is 122 cm³/mol. The Hall–Kier alpha value is -2.22. The first-order chi connectivity index (χ1) is 14.2. The standard InChI is InChI=1S/C21H21ClN4OS2/c1-2-12-26-19(14-28-13-16-6-4-3-5-7-16)24-25-21(26)29-15-20(27)23-18-10-8-17(22)9-11-18/h2-11H,1,12-15H2,(H,23,27). The molecule has 8 heteroatoms. The number of thioether (sulfide) groups is 2. The van der Waals surface area contributed by atoms with Gasteiger partial charge in [0.2, 0.25) is 5.91 Å². The average Bonchev–Trinajstić information content (AvgIpc) is 3.11. The van der Waals surface area contributed by atoms with Crippen molar-refractivity contribution in [2.75, 3.05) is 11.1 Å². The van der Waals surface area contributed by atoms with E-state index in [1.54, 1.807) is 36.0 Å². The van der Waals surface area contributed by atoms with Crippen molar-refractivity contribution < 1.29 is 4.79 Å². The Balaban J connectivity index is 1.55. The number of halogens is 1. The van der Waals surface area contributed by atoms with Crippen LogP contribution in [0.2, 0.25) is 5.02 Å². The first kappa shape index (κ1) is 21.5. The molecule has 0 bridgehead atoms. The van der Waals surface area contributed by atoms with E-state index in [0.29, 0.717) is 22.4 Å². The smallest absolute Gasteiger partial charge is 0.234 e. The van der Waals surface area contributed by atoms with Crippen LogP contribution < -0.4 is 5.32 Å². The normalized spacial score (nSPS) is 10.7. The maximum Gasteiger partial charge on any atom is 0.234 e. The molecule has 1 amide bonds. The minimum absolute atomic E-state index is 0.106. The maximum absolute atomic E-state index is 12.2. The van der Waals surface area contributed by atoms with Crippen LogP contribution in [0.5, 0.6) is 0 Å². The SMILES string of the molecule is C=CCn1c(CSCc2ccccc2)nnc1SCC(=O)Nc1ccc(Cl)cc1. The lowest BCUT2D eigenvalue weighted by Crippen LogP contribution is -2.14. The van der Waals surface area contributed by atoms with Gasteiger partial charge in [0.1, 0.15) is 5.82 Å². The average molecular weight is 445 g/mol. The van der Waals surface area contributed by atoms with Gasteiger partial charge in [-0.05, 0) is 29.8 Å². The third-order valence-corrected chi connectivity index (χ3v) is 6.13. The summed E-state index contributed by atoms with van der Waals surface area (Å²) in [5.74, 6) is 2.67. The second kappa shape index (κ2) is 11.1. The molecule has 3 rings (SSSR count). The van der Waals surface area contributed by atoms with Gasteiger partial charge < -0.3 is 9.88 Å². The fraction of sp³-hybridized carbons (Fsp3) is 0.190. The molecule has 0 radical (unpaired) electrons. The van der Waals surface area contributed by atoms with E-state index in [0.717, 1.165) is 17.3 Å². The summed E-state index contributed by atoms with van der Waals surface area (Å²) in [7, 11) is 0. The second-order valence-electron chi connectivity index (χ2n) is 6.12. The number of rotatable bonds is 10. The largest absolute Gasteiger partial charge is 0.325 e. The number of allylic oxidation sites excluding steroid dienone is 1. The van der Waals surface area contributed by atoms with Crippen molar-refractivity contribution in [3.05, 3.63) is 83.7 Å². The van der Waals surface area contributed by atoms with Gasteiger partial charge in [0, 0.05) is 23.0 Å². The fourth-order valence-electron chi connectivity index (χ4n) is 2.54. The van der Waals surface area contributed by atoms with Crippen LogP contribution in [-0.2, 0) is 22.8 Å². The van der Waals surface area contributed by atoms with Gasteiger partial charge in [-0.1, -0.05) is 59.8 Å². The van der Waals surface area contributed by atoms with Crippen molar-refractivity contribution in [3.8, 4) is 0 Å². The first-order valence-corrected chi connectivity index (χ1v) is 11.5. The van der Waals surface area contributed by atoms with Crippen molar-refractivity contribution in [2.45, 2.75) is 23.2 Å². The van der Waals surface area contributed by atoms with Crippen molar-refractivity contribution in [3.63, 3.8) is 0 Å². The topological polar surface area (TPSA) is 59.8 Å². The number of amides is 1. The molecule has 1 N–H and O–H groups in total. The highest BCUT2D eigenvalue weighted by atomic mass is 35.5. The van der Waals surface area contributed by atoms with E-state index in [-0.39, 0.29) is 11.7 Å². The summed E-state index contributed by atoms with van der Waals surface area (Å²) in [6.07, 6.45) is 1.81. The highest BCUT2D eigenvalue weighted by Gasteiger charge is 2.14. The van der Waals surface area contributed by atoms with Gasteiger partial charge in [-0.2, -0.15) is 0 Å². The molecule has 0 aliphatic rings. The van der Waals surface area contributed by atoms with Gasteiger partial charge >= 0.3 is 0 Å². The molecule has 0 saturated heterocycles. The zero-order valence-corrected chi connectivity index (χ0v) is 18.1. The lowest BCUT2D eigenvalue weighted by Gasteiger charge is -2.08. The van der Waals surface area contributed by atoms with Crippen LogP contribution in [0.1, 0.15) is 11.4 Å². The molecular formula is C21H21ClN4OS2. The van der Waals surface area contributed by atoms with Crippen molar-refractivity contribution in [1.82, 2.24) is 14.8 Å². The van der Waals surface area contributed by atoms with E-state index in [4.69, 9.17) is 11.6 Å².